The average molecular weight is 561 g/mol. The van der Waals surface area contributed by atoms with Crippen molar-refractivity contribution in [1.82, 2.24) is 19.0 Å². The molecule has 0 radical (unpaired) electrons. The van der Waals surface area contributed by atoms with Crippen LogP contribution in [0.2, 0.25) is 0 Å². The molecule has 0 aromatic heterocycles. The summed E-state index contributed by atoms with van der Waals surface area (Å²) in [6, 6.07) is 5.85. The van der Waals surface area contributed by atoms with Crippen LogP contribution in [0.5, 0.6) is 0 Å². The first-order valence-corrected chi connectivity index (χ1v) is 13.5. The lowest BCUT2D eigenvalue weighted by Gasteiger charge is -2.36. The third-order valence-electron chi connectivity index (χ3n) is 6.59. The summed E-state index contributed by atoms with van der Waals surface area (Å²) in [5, 5.41) is 0. The first-order chi connectivity index (χ1) is 17.1. The standard InChI is InChI=1S/C22H30F6N4O4S/c1-16-17(4-3-5-18(16)15-30-8-12-32(13-9-30)37(2,34)35)14-29-6-10-31(11-7-29)20(33)36-19(21(23,24)25)22(26,27)28/h3-5,19H,6-15H2,1-2H3. The Morgan fingerprint density at radius 2 is 1.30 bits per heavy atom. The molecule has 0 unspecified atom stereocenters. The van der Waals surface area contributed by atoms with E-state index >= 15 is 0 Å². The van der Waals surface area contributed by atoms with Crippen molar-refractivity contribution in [3.63, 3.8) is 0 Å². The van der Waals surface area contributed by atoms with Gasteiger partial charge in [0.05, 0.1) is 6.26 Å². The molecule has 1 aromatic carbocycles. The maximum atomic E-state index is 12.7. The Morgan fingerprint density at radius 1 is 0.865 bits per heavy atom. The fourth-order valence-corrected chi connectivity index (χ4v) is 5.19. The molecule has 2 fully saturated rings. The van der Waals surface area contributed by atoms with E-state index < -0.39 is 34.6 Å². The fraction of sp³-hybridized carbons (Fsp3) is 0.682. The molecule has 0 aliphatic carbocycles. The first kappa shape index (κ1) is 29.5. The number of hydrogen-bond acceptors (Lipinski definition) is 6. The summed E-state index contributed by atoms with van der Waals surface area (Å²) < 4.78 is 105. The van der Waals surface area contributed by atoms with Crippen LogP contribution in [0.3, 0.4) is 0 Å². The number of sulfonamides is 1. The van der Waals surface area contributed by atoms with Crippen LogP contribution in [0.4, 0.5) is 31.1 Å². The maximum absolute atomic E-state index is 12.7. The highest BCUT2D eigenvalue weighted by Crippen LogP contribution is 2.36. The highest BCUT2D eigenvalue weighted by molar-refractivity contribution is 7.88. The van der Waals surface area contributed by atoms with Crippen LogP contribution in [0.25, 0.3) is 0 Å². The van der Waals surface area contributed by atoms with Crippen LogP contribution in [-0.4, -0.2) is 111 Å². The minimum absolute atomic E-state index is 0.0649. The SMILES string of the molecule is Cc1c(CN2CCN(C(=O)OC(C(F)(F)F)C(F)(F)F)CC2)cccc1CN1CCN(S(C)(=O)=O)CC1. The van der Waals surface area contributed by atoms with Crippen molar-refractivity contribution in [2.75, 3.05) is 58.6 Å². The van der Waals surface area contributed by atoms with Crippen molar-refractivity contribution in [3.8, 4) is 0 Å². The van der Waals surface area contributed by atoms with Gasteiger partial charge in [-0.05, 0) is 23.6 Å². The van der Waals surface area contributed by atoms with Gasteiger partial charge in [0.2, 0.25) is 10.0 Å². The van der Waals surface area contributed by atoms with Crippen LogP contribution < -0.4 is 0 Å². The van der Waals surface area contributed by atoms with E-state index in [0.717, 1.165) is 21.6 Å². The van der Waals surface area contributed by atoms with Crippen molar-refractivity contribution < 1.29 is 44.3 Å². The Kier molecular flexibility index (Phi) is 9.02. The number of benzene rings is 1. The molecule has 0 atom stereocenters. The summed E-state index contributed by atoms with van der Waals surface area (Å²) in [5.74, 6) is 0. The minimum atomic E-state index is -5.75. The first-order valence-electron chi connectivity index (χ1n) is 11.6. The Bertz CT molecular complexity index is 1040. The third kappa shape index (κ3) is 7.94. The lowest BCUT2D eigenvalue weighted by Crippen LogP contribution is -2.52. The van der Waals surface area contributed by atoms with Gasteiger partial charge in [-0.15, -0.1) is 0 Å². The van der Waals surface area contributed by atoms with Crippen LogP contribution >= 0.6 is 0 Å². The zero-order valence-corrected chi connectivity index (χ0v) is 21.3. The molecule has 1 aromatic rings. The molecule has 8 nitrogen and oxygen atoms in total. The molecule has 2 aliphatic heterocycles. The zero-order valence-electron chi connectivity index (χ0n) is 20.5. The Labute approximate surface area is 211 Å². The molecule has 3 rings (SSSR count). The Morgan fingerprint density at radius 3 is 1.70 bits per heavy atom. The average Bonchev–Trinajstić information content (AvgIpc) is 2.78. The normalized spacial score (nSPS) is 19.4. The zero-order chi connectivity index (χ0) is 27.6. The second-order valence-corrected chi connectivity index (χ2v) is 11.2. The lowest BCUT2D eigenvalue weighted by molar-refractivity contribution is -0.308. The minimum Gasteiger partial charge on any atom is -0.426 e. The van der Waals surface area contributed by atoms with Gasteiger partial charge < -0.3 is 9.64 Å². The van der Waals surface area contributed by atoms with Gasteiger partial charge >= 0.3 is 18.4 Å². The van der Waals surface area contributed by atoms with Gasteiger partial charge in [-0.2, -0.15) is 30.6 Å². The third-order valence-corrected chi connectivity index (χ3v) is 7.89. The van der Waals surface area contributed by atoms with E-state index in [9.17, 15) is 39.6 Å². The fourth-order valence-electron chi connectivity index (χ4n) is 4.36. The quantitative estimate of drug-likeness (QED) is 0.499. The number of ether oxygens (including phenoxy) is 1. The predicted molar refractivity (Wildman–Crippen MR) is 122 cm³/mol. The van der Waals surface area contributed by atoms with Gasteiger partial charge in [0.25, 0.3) is 6.10 Å². The predicted octanol–water partition coefficient (Wildman–Crippen LogP) is 2.82. The van der Waals surface area contributed by atoms with E-state index in [4.69, 9.17) is 0 Å². The van der Waals surface area contributed by atoms with Gasteiger partial charge in [-0.1, -0.05) is 18.2 Å². The van der Waals surface area contributed by atoms with Crippen LogP contribution in [0.1, 0.15) is 16.7 Å². The smallest absolute Gasteiger partial charge is 0.426 e. The van der Waals surface area contributed by atoms with Gasteiger partial charge in [0.15, 0.2) is 0 Å². The summed E-state index contributed by atoms with van der Waals surface area (Å²) in [6.07, 6.45) is -16.1. The summed E-state index contributed by atoms with van der Waals surface area (Å²) in [7, 11) is -3.21. The summed E-state index contributed by atoms with van der Waals surface area (Å²) in [6.45, 7) is 5.58. The molecular weight excluding hydrogens is 530 g/mol. The van der Waals surface area contributed by atoms with Gasteiger partial charge in [0, 0.05) is 65.4 Å². The molecule has 1 amide bonds. The Hall–Kier alpha value is -2.10. The van der Waals surface area contributed by atoms with E-state index in [0.29, 0.717) is 39.3 Å². The van der Waals surface area contributed by atoms with Crippen molar-refractivity contribution in [1.29, 1.82) is 0 Å². The lowest BCUT2D eigenvalue weighted by atomic mass is 10.0. The number of piperazine rings is 2. The second kappa shape index (κ2) is 11.3. The van der Waals surface area contributed by atoms with Crippen molar-refractivity contribution in [2.24, 2.45) is 0 Å². The summed E-state index contributed by atoms with van der Waals surface area (Å²) in [5.41, 5.74) is 3.14. The van der Waals surface area contributed by atoms with E-state index in [1.807, 2.05) is 30.0 Å². The van der Waals surface area contributed by atoms with Gasteiger partial charge in [0.1, 0.15) is 0 Å². The molecule has 0 spiro atoms. The topological polar surface area (TPSA) is 73.4 Å². The van der Waals surface area contributed by atoms with Crippen LogP contribution in [0, 0.1) is 6.92 Å². The van der Waals surface area contributed by atoms with E-state index in [1.165, 1.54) is 10.6 Å². The summed E-state index contributed by atoms with van der Waals surface area (Å²) in [4.78, 5) is 17.0. The largest absolute Gasteiger partial charge is 0.434 e. The molecule has 15 heteroatoms. The molecule has 37 heavy (non-hydrogen) atoms. The highest BCUT2D eigenvalue weighted by atomic mass is 32.2. The van der Waals surface area contributed by atoms with Crippen molar-refractivity contribution in [3.05, 3.63) is 34.9 Å². The molecular formula is C22H30F6N4O4S. The van der Waals surface area contributed by atoms with Gasteiger partial charge in [-0.3, -0.25) is 9.80 Å². The number of hydrogen-bond donors (Lipinski definition) is 0. The van der Waals surface area contributed by atoms with Crippen molar-refractivity contribution >= 4 is 16.1 Å². The molecule has 210 valence electrons. The van der Waals surface area contributed by atoms with Crippen LogP contribution in [-0.2, 0) is 27.8 Å². The molecule has 2 heterocycles. The maximum Gasteiger partial charge on any atom is 0.434 e. The van der Waals surface area contributed by atoms with E-state index in [1.54, 1.807) is 0 Å². The monoisotopic (exact) mass is 560 g/mol. The Balaban J connectivity index is 1.53. The number of nitrogens with zero attached hydrogens (tertiary/aromatic N) is 4. The number of rotatable bonds is 6. The van der Waals surface area contributed by atoms with E-state index in [2.05, 4.69) is 9.64 Å². The van der Waals surface area contributed by atoms with Gasteiger partial charge in [-0.25, -0.2) is 13.2 Å². The van der Waals surface area contributed by atoms with Crippen molar-refractivity contribution in [2.45, 2.75) is 38.5 Å². The number of halogens is 6. The molecule has 0 N–H and O–H groups in total. The molecule has 2 aliphatic rings. The molecule has 0 bridgehead atoms. The molecule has 0 saturated carbocycles. The number of carbonyl (C=O) groups is 1. The number of carbonyl (C=O) groups excluding carboxylic acids is 1. The number of amides is 1. The van der Waals surface area contributed by atoms with E-state index in [-0.39, 0.29) is 26.2 Å². The second-order valence-electron chi connectivity index (χ2n) is 9.25. The molecule has 2 saturated heterocycles. The number of alkyl halides is 6. The highest BCUT2D eigenvalue weighted by Gasteiger charge is 2.60. The van der Waals surface area contributed by atoms with Crippen LogP contribution in [0.15, 0.2) is 18.2 Å². The summed E-state index contributed by atoms with van der Waals surface area (Å²) >= 11 is 0.